The van der Waals surface area contributed by atoms with Crippen molar-refractivity contribution in [2.45, 2.75) is 5.41 Å². The molecule has 0 radical (unpaired) electrons. The van der Waals surface area contributed by atoms with Crippen molar-refractivity contribution in [2.75, 3.05) is 0 Å². The van der Waals surface area contributed by atoms with Gasteiger partial charge in [0, 0.05) is 16.7 Å². The van der Waals surface area contributed by atoms with Gasteiger partial charge >= 0.3 is 0 Å². The number of benzene rings is 8. The number of rotatable bonds is 4. The van der Waals surface area contributed by atoms with E-state index in [0.29, 0.717) is 23.0 Å². The van der Waals surface area contributed by atoms with E-state index in [4.69, 9.17) is 15.0 Å². The number of fused-ring (bicyclic) bond motifs is 12. The second-order valence-electron chi connectivity index (χ2n) is 14.3. The lowest BCUT2D eigenvalue weighted by atomic mass is 9.70. The summed E-state index contributed by atoms with van der Waals surface area (Å²) in [6.45, 7) is 0. The second-order valence-corrected chi connectivity index (χ2v) is 14.3. The SMILES string of the molecule is N#Cc1ccc(-c2ccc3c(c2)C2(c4cc(-c5nc(-c6ccccc6)nc(-c6ccccc6)n5)ccc4-3)c3ccccc3-c3c2ccc2ccccc32)cc1. The summed E-state index contributed by atoms with van der Waals surface area (Å²) in [7, 11) is 0. The van der Waals surface area contributed by atoms with Crippen LogP contribution in [0.5, 0.6) is 0 Å². The predicted molar refractivity (Wildman–Crippen MR) is 220 cm³/mol. The van der Waals surface area contributed by atoms with Gasteiger partial charge in [0.15, 0.2) is 17.5 Å². The first-order chi connectivity index (χ1) is 27.2. The molecule has 1 heterocycles. The van der Waals surface area contributed by atoms with Gasteiger partial charge in [-0.3, -0.25) is 0 Å². The van der Waals surface area contributed by atoms with Crippen molar-refractivity contribution in [3.05, 3.63) is 210 Å². The minimum atomic E-state index is -0.600. The Hall–Kier alpha value is -7.48. The summed E-state index contributed by atoms with van der Waals surface area (Å²) in [6.07, 6.45) is 0. The quantitative estimate of drug-likeness (QED) is 0.184. The van der Waals surface area contributed by atoms with Crippen molar-refractivity contribution < 1.29 is 0 Å². The molecule has 1 spiro atoms. The molecular weight excluding hydrogens is 669 g/mol. The highest BCUT2D eigenvalue weighted by Gasteiger charge is 2.52. The van der Waals surface area contributed by atoms with E-state index in [0.717, 1.165) is 27.8 Å². The van der Waals surface area contributed by atoms with Crippen LogP contribution in [-0.4, -0.2) is 15.0 Å². The van der Waals surface area contributed by atoms with Crippen molar-refractivity contribution >= 4 is 10.8 Å². The lowest BCUT2D eigenvalue weighted by Gasteiger charge is -2.31. The third-order valence-corrected chi connectivity index (χ3v) is 11.4. The van der Waals surface area contributed by atoms with Crippen LogP contribution in [0.25, 0.3) is 78.3 Å². The summed E-state index contributed by atoms with van der Waals surface area (Å²) < 4.78 is 0. The Morgan fingerprint density at radius 3 is 1.60 bits per heavy atom. The molecule has 55 heavy (non-hydrogen) atoms. The third kappa shape index (κ3) is 4.60. The van der Waals surface area contributed by atoms with Crippen LogP contribution in [0.1, 0.15) is 27.8 Å². The topological polar surface area (TPSA) is 62.5 Å². The number of nitriles is 1. The zero-order valence-corrected chi connectivity index (χ0v) is 29.6. The Bertz CT molecular complexity index is 2980. The smallest absolute Gasteiger partial charge is 0.164 e. The Morgan fingerprint density at radius 2 is 0.927 bits per heavy atom. The van der Waals surface area contributed by atoms with Crippen LogP contribution in [0.15, 0.2) is 182 Å². The lowest BCUT2D eigenvalue weighted by molar-refractivity contribution is 0.795. The van der Waals surface area contributed by atoms with Crippen LogP contribution in [0.4, 0.5) is 0 Å². The summed E-state index contributed by atoms with van der Waals surface area (Å²) in [5.74, 6) is 1.90. The van der Waals surface area contributed by atoms with Gasteiger partial charge in [0.05, 0.1) is 17.0 Å². The molecule has 254 valence electrons. The Labute approximate surface area is 318 Å². The molecule has 11 rings (SSSR count). The van der Waals surface area contributed by atoms with Crippen LogP contribution < -0.4 is 0 Å². The van der Waals surface area contributed by atoms with Crippen molar-refractivity contribution in [3.8, 4) is 73.6 Å². The molecule has 0 saturated heterocycles. The fourth-order valence-corrected chi connectivity index (χ4v) is 8.95. The normalized spacial score (nSPS) is 14.6. The molecule has 0 saturated carbocycles. The predicted octanol–water partition coefficient (Wildman–Crippen LogP) is 11.9. The summed E-state index contributed by atoms with van der Waals surface area (Å²) in [5.41, 5.74) is 15.0. The molecule has 1 aromatic heterocycles. The molecule has 8 aromatic carbocycles. The van der Waals surface area contributed by atoms with E-state index >= 15 is 0 Å². The van der Waals surface area contributed by atoms with Crippen molar-refractivity contribution in [2.24, 2.45) is 0 Å². The van der Waals surface area contributed by atoms with E-state index < -0.39 is 5.41 Å². The lowest BCUT2D eigenvalue weighted by Crippen LogP contribution is -2.26. The summed E-state index contributed by atoms with van der Waals surface area (Å²) in [4.78, 5) is 15.3. The molecule has 1 unspecified atom stereocenters. The molecule has 2 aliphatic carbocycles. The first-order valence-electron chi connectivity index (χ1n) is 18.5. The molecule has 4 nitrogen and oxygen atoms in total. The molecule has 0 bridgehead atoms. The molecule has 1 atom stereocenters. The van der Waals surface area contributed by atoms with Crippen LogP contribution in [-0.2, 0) is 5.41 Å². The highest BCUT2D eigenvalue weighted by Crippen LogP contribution is 2.64. The van der Waals surface area contributed by atoms with Gasteiger partial charge in [0.2, 0.25) is 0 Å². The fourth-order valence-electron chi connectivity index (χ4n) is 8.95. The minimum Gasteiger partial charge on any atom is -0.208 e. The van der Waals surface area contributed by atoms with Gasteiger partial charge < -0.3 is 0 Å². The standard InChI is InChI=1S/C51H30N4/c52-31-32-19-21-33(22-20-32)37-23-26-40-41-27-24-38(50-54-48(35-12-3-1-4-13-35)53-49(55-50)36-14-5-2-6-15-36)30-46(41)51(45(40)29-37)43-18-10-9-17-42(43)47-39-16-8-7-11-34(39)25-28-44(47)51/h1-30H. The molecule has 0 amide bonds. The summed E-state index contributed by atoms with van der Waals surface area (Å²) in [5, 5.41) is 12.0. The first-order valence-corrected chi connectivity index (χ1v) is 18.5. The molecular formula is C51H30N4. The van der Waals surface area contributed by atoms with Gasteiger partial charge in [-0.05, 0) is 90.7 Å². The Morgan fingerprint density at radius 1 is 0.382 bits per heavy atom. The zero-order valence-electron chi connectivity index (χ0n) is 29.6. The third-order valence-electron chi connectivity index (χ3n) is 11.4. The van der Waals surface area contributed by atoms with E-state index in [2.05, 4.69) is 103 Å². The molecule has 4 heteroatoms. The van der Waals surface area contributed by atoms with Crippen molar-refractivity contribution in [3.63, 3.8) is 0 Å². The Balaban J connectivity index is 1.20. The summed E-state index contributed by atoms with van der Waals surface area (Å²) in [6, 6.07) is 66.3. The largest absolute Gasteiger partial charge is 0.208 e. The average molecular weight is 699 g/mol. The van der Waals surface area contributed by atoms with Crippen LogP contribution in [0.3, 0.4) is 0 Å². The number of hydrogen-bond donors (Lipinski definition) is 0. The van der Waals surface area contributed by atoms with E-state index in [1.165, 1.54) is 55.3 Å². The monoisotopic (exact) mass is 698 g/mol. The summed E-state index contributed by atoms with van der Waals surface area (Å²) >= 11 is 0. The van der Waals surface area contributed by atoms with Crippen LogP contribution in [0, 0.1) is 11.3 Å². The van der Waals surface area contributed by atoms with E-state index in [1.54, 1.807) is 0 Å². The highest BCUT2D eigenvalue weighted by molar-refractivity contribution is 6.06. The van der Waals surface area contributed by atoms with Crippen LogP contribution in [0.2, 0.25) is 0 Å². The van der Waals surface area contributed by atoms with E-state index in [9.17, 15) is 5.26 Å². The maximum Gasteiger partial charge on any atom is 0.164 e. The van der Waals surface area contributed by atoms with Crippen molar-refractivity contribution in [1.82, 2.24) is 15.0 Å². The van der Waals surface area contributed by atoms with Gasteiger partial charge in [0.1, 0.15) is 0 Å². The van der Waals surface area contributed by atoms with Gasteiger partial charge in [-0.2, -0.15) is 5.26 Å². The zero-order chi connectivity index (χ0) is 36.5. The molecule has 0 fully saturated rings. The number of hydrogen-bond acceptors (Lipinski definition) is 4. The molecule has 9 aromatic rings. The fraction of sp³-hybridized carbons (Fsp3) is 0.0196. The van der Waals surface area contributed by atoms with Gasteiger partial charge in [-0.1, -0.05) is 158 Å². The minimum absolute atomic E-state index is 0.600. The van der Waals surface area contributed by atoms with Crippen LogP contribution >= 0.6 is 0 Å². The van der Waals surface area contributed by atoms with Gasteiger partial charge in [-0.25, -0.2) is 15.0 Å². The molecule has 2 aliphatic rings. The van der Waals surface area contributed by atoms with Gasteiger partial charge in [0.25, 0.3) is 0 Å². The second kappa shape index (κ2) is 12.0. The van der Waals surface area contributed by atoms with Gasteiger partial charge in [-0.15, -0.1) is 0 Å². The van der Waals surface area contributed by atoms with E-state index in [1.807, 2.05) is 84.9 Å². The maximum absolute atomic E-state index is 9.52. The average Bonchev–Trinajstić information content (AvgIpc) is 3.73. The molecule has 0 N–H and O–H groups in total. The number of nitrogens with zero attached hydrogens (tertiary/aromatic N) is 4. The maximum atomic E-state index is 9.52. The first kappa shape index (κ1) is 31.1. The number of aromatic nitrogens is 3. The highest BCUT2D eigenvalue weighted by atomic mass is 15.0. The Kier molecular flexibility index (Phi) is 6.80. The van der Waals surface area contributed by atoms with Crippen molar-refractivity contribution in [1.29, 1.82) is 5.26 Å². The molecule has 0 aliphatic heterocycles. The van der Waals surface area contributed by atoms with E-state index in [-0.39, 0.29) is 0 Å².